The first-order valence-corrected chi connectivity index (χ1v) is 8.53. The van der Waals surface area contributed by atoms with Crippen molar-refractivity contribution in [3.8, 4) is 5.82 Å². The van der Waals surface area contributed by atoms with Gasteiger partial charge in [-0.2, -0.15) is 5.10 Å². The van der Waals surface area contributed by atoms with Crippen LogP contribution in [0.4, 0.5) is 0 Å². The normalized spacial score (nSPS) is 16.4. The third-order valence-electron chi connectivity index (χ3n) is 4.77. The fourth-order valence-corrected chi connectivity index (χ4v) is 3.38. The molecular formula is C18H23N5O2. The smallest absolute Gasteiger partial charge is 0.253 e. The van der Waals surface area contributed by atoms with Gasteiger partial charge in [0.15, 0.2) is 5.82 Å². The van der Waals surface area contributed by atoms with Crippen molar-refractivity contribution in [2.45, 2.75) is 51.5 Å². The molecule has 1 aliphatic rings. The molecule has 0 radical (unpaired) electrons. The number of nitrogens with two attached hydrogens (primary N) is 1. The van der Waals surface area contributed by atoms with E-state index in [-0.39, 0.29) is 5.91 Å². The first-order valence-electron chi connectivity index (χ1n) is 8.53. The molecule has 0 aliphatic heterocycles. The minimum Gasteiger partial charge on any atom is -0.368 e. The van der Waals surface area contributed by atoms with Gasteiger partial charge >= 0.3 is 0 Å². The Morgan fingerprint density at radius 1 is 1.20 bits per heavy atom. The number of carbonyl (C=O) groups is 2. The summed E-state index contributed by atoms with van der Waals surface area (Å²) in [6.45, 7) is 3.86. The molecule has 0 saturated heterocycles. The van der Waals surface area contributed by atoms with Crippen molar-refractivity contribution in [3.05, 3.63) is 41.3 Å². The van der Waals surface area contributed by atoms with E-state index in [9.17, 15) is 9.59 Å². The molecule has 0 aromatic carbocycles. The van der Waals surface area contributed by atoms with Crippen LogP contribution in [0.3, 0.4) is 0 Å². The van der Waals surface area contributed by atoms with Crippen LogP contribution in [0.1, 0.15) is 53.8 Å². The fraction of sp³-hybridized carbons (Fsp3) is 0.444. The van der Waals surface area contributed by atoms with Gasteiger partial charge in [-0.05, 0) is 44.9 Å². The van der Waals surface area contributed by atoms with Gasteiger partial charge in [-0.25, -0.2) is 9.67 Å². The number of aryl methyl sites for hydroxylation is 2. The molecule has 2 amide bonds. The van der Waals surface area contributed by atoms with Crippen LogP contribution >= 0.6 is 0 Å². The molecule has 0 bridgehead atoms. The van der Waals surface area contributed by atoms with Crippen LogP contribution in [-0.4, -0.2) is 32.1 Å². The fourth-order valence-electron chi connectivity index (χ4n) is 3.38. The second-order valence-electron chi connectivity index (χ2n) is 6.71. The molecule has 132 valence electrons. The van der Waals surface area contributed by atoms with E-state index < -0.39 is 11.4 Å². The first-order chi connectivity index (χ1) is 11.9. The number of hydrogen-bond acceptors (Lipinski definition) is 4. The zero-order valence-corrected chi connectivity index (χ0v) is 14.6. The third-order valence-corrected chi connectivity index (χ3v) is 4.77. The van der Waals surface area contributed by atoms with Crippen LogP contribution in [0.5, 0.6) is 0 Å². The summed E-state index contributed by atoms with van der Waals surface area (Å²) in [6, 6.07) is 5.39. The Morgan fingerprint density at radius 3 is 2.44 bits per heavy atom. The number of nitrogens with zero attached hydrogens (tertiary/aromatic N) is 3. The van der Waals surface area contributed by atoms with Crippen molar-refractivity contribution < 1.29 is 9.59 Å². The molecule has 2 heterocycles. The lowest BCUT2D eigenvalue weighted by Gasteiger charge is -2.35. The predicted molar refractivity (Wildman–Crippen MR) is 93.3 cm³/mol. The maximum atomic E-state index is 12.6. The van der Waals surface area contributed by atoms with Gasteiger partial charge in [0, 0.05) is 11.9 Å². The molecule has 7 heteroatoms. The Hall–Kier alpha value is -2.70. The van der Waals surface area contributed by atoms with Gasteiger partial charge in [-0.3, -0.25) is 9.59 Å². The SMILES string of the molecule is Cc1cc(C)n(-c2ccc(C(=O)NC3(C(N)=O)CCCCC3)cn2)n1. The number of nitrogens with one attached hydrogen (secondary N) is 1. The second-order valence-corrected chi connectivity index (χ2v) is 6.71. The molecule has 0 atom stereocenters. The molecular weight excluding hydrogens is 318 g/mol. The van der Waals surface area contributed by atoms with E-state index in [1.807, 2.05) is 19.9 Å². The minimum atomic E-state index is -0.941. The van der Waals surface area contributed by atoms with Gasteiger partial charge in [-0.15, -0.1) is 0 Å². The number of aromatic nitrogens is 3. The van der Waals surface area contributed by atoms with Crippen LogP contribution < -0.4 is 11.1 Å². The van der Waals surface area contributed by atoms with Gasteiger partial charge in [0.1, 0.15) is 5.54 Å². The summed E-state index contributed by atoms with van der Waals surface area (Å²) in [5.41, 5.74) is 6.90. The zero-order valence-electron chi connectivity index (χ0n) is 14.6. The van der Waals surface area contributed by atoms with E-state index >= 15 is 0 Å². The Kier molecular flexibility index (Phi) is 4.57. The van der Waals surface area contributed by atoms with Gasteiger partial charge in [0.05, 0.1) is 11.3 Å². The highest BCUT2D eigenvalue weighted by Crippen LogP contribution is 2.28. The van der Waals surface area contributed by atoms with E-state index in [0.717, 1.165) is 30.7 Å². The summed E-state index contributed by atoms with van der Waals surface area (Å²) in [5, 5.41) is 7.22. The highest BCUT2D eigenvalue weighted by atomic mass is 16.2. The maximum absolute atomic E-state index is 12.6. The van der Waals surface area contributed by atoms with Crippen LogP contribution in [0, 0.1) is 13.8 Å². The van der Waals surface area contributed by atoms with Crippen molar-refractivity contribution in [1.29, 1.82) is 0 Å². The van der Waals surface area contributed by atoms with Crippen LogP contribution in [0.15, 0.2) is 24.4 Å². The van der Waals surface area contributed by atoms with Gasteiger partial charge < -0.3 is 11.1 Å². The summed E-state index contributed by atoms with van der Waals surface area (Å²) < 4.78 is 1.73. The molecule has 0 unspecified atom stereocenters. The van der Waals surface area contributed by atoms with Crippen LogP contribution in [-0.2, 0) is 4.79 Å². The standard InChI is InChI=1S/C18H23N5O2/c1-12-10-13(2)23(22-12)15-7-6-14(11-20-15)16(24)21-18(17(19)25)8-4-3-5-9-18/h6-7,10-11H,3-5,8-9H2,1-2H3,(H2,19,25)(H,21,24). The monoisotopic (exact) mass is 341 g/mol. The zero-order chi connectivity index (χ0) is 18.0. The van der Waals surface area contributed by atoms with E-state index in [0.29, 0.717) is 24.2 Å². The molecule has 2 aromatic heterocycles. The van der Waals surface area contributed by atoms with Crippen molar-refractivity contribution in [2.24, 2.45) is 5.73 Å². The topological polar surface area (TPSA) is 103 Å². The Morgan fingerprint density at radius 2 is 1.92 bits per heavy atom. The van der Waals surface area contributed by atoms with E-state index in [2.05, 4.69) is 15.4 Å². The van der Waals surface area contributed by atoms with Gasteiger partial charge in [-0.1, -0.05) is 19.3 Å². The predicted octanol–water partition coefficient (Wildman–Crippen LogP) is 1.80. The number of primary amides is 1. The third kappa shape index (κ3) is 3.40. The molecule has 1 saturated carbocycles. The lowest BCUT2D eigenvalue weighted by atomic mass is 9.81. The molecule has 3 N–H and O–H groups in total. The quantitative estimate of drug-likeness (QED) is 0.885. The number of hydrogen-bond donors (Lipinski definition) is 2. The van der Waals surface area contributed by atoms with E-state index in [1.165, 1.54) is 6.20 Å². The van der Waals surface area contributed by atoms with Gasteiger partial charge in [0.25, 0.3) is 5.91 Å². The molecule has 1 fully saturated rings. The highest BCUT2D eigenvalue weighted by Gasteiger charge is 2.39. The highest BCUT2D eigenvalue weighted by molar-refractivity contribution is 5.98. The van der Waals surface area contributed by atoms with E-state index in [4.69, 9.17) is 5.73 Å². The second kappa shape index (κ2) is 6.66. The number of rotatable bonds is 4. The van der Waals surface area contributed by atoms with Crippen molar-refractivity contribution in [1.82, 2.24) is 20.1 Å². The van der Waals surface area contributed by atoms with E-state index in [1.54, 1.807) is 16.8 Å². The van der Waals surface area contributed by atoms with Crippen molar-refractivity contribution in [2.75, 3.05) is 0 Å². The van der Waals surface area contributed by atoms with Gasteiger partial charge in [0.2, 0.25) is 5.91 Å². The maximum Gasteiger partial charge on any atom is 0.253 e. The summed E-state index contributed by atoms with van der Waals surface area (Å²) >= 11 is 0. The average molecular weight is 341 g/mol. The molecule has 2 aromatic rings. The van der Waals surface area contributed by atoms with Crippen LogP contribution in [0.25, 0.3) is 5.82 Å². The number of pyridine rings is 1. The molecule has 25 heavy (non-hydrogen) atoms. The van der Waals surface area contributed by atoms with Crippen LogP contribution in [0.2, 0.25) is 0 Å². The minimum absolute atomic E-state index is 0.326. The molecule has 1 aliphatic carbocycles. The Bertz CT molecular complexity index is 788. The molecule has 0 spiro atoms. The Balaban J connectivity index is 1.78. The average Bonchev–Trinajstić information content (AvgIpc) is 2.94. The lowest BCUT2D eigenvalue weighted by molar-refractivity contribution is -0.125. The summed E-state index contributed by atoms with van der Waals surface area (Å²) in [6.07, 6.45) is 5.51. The number of amides is 2. The Labute approximate surface area is 146 Å². The first kappa shape index (κ1) is 17.1. The summed E-state index contributed by atoms with van der Waals surface area (Å²) in [5.74, 6) is -0.148. The molecule has 3 rings (SSSR count). The number of carbonyl (C=O) groups excluding carboxylic acids is 2. The van der Waals surface area contributed by atoms with Crippen molar-refractivity contribution in [3.63, 3.8) is 0 Å². The van der Waals surface area contributed by atoms with Crippen molar-refractivity contribution >= 4 is 11.8 Å². The largest absolute Gasteiger partial charge is 0.368 e. The lowest BCUT2D eigenvalue weighted by Crippen LogP contribution is -2.58. The summed E-state index contributed by atoms with van der Waals surface area (Å²) in [4.78, 5) is 28.8. The molecule has 7 nitrogen and oxygen atoms in total. The summed E-state index contributed by atoms with van der Waals surface area (Å²) in [7, 11) is 0.